The fourth-order valence-electron chi connectivity index (χ4n) is 2.06. The molecule has 0 bridgehead atoms. The number of carbonyl (C=O) groups excluding carboxylic acids is 2. The van der Waals surface area contributed by atoms with Crippen LogP contribution in [-0.2, 0) is 19.6 Å². The lowest BCUT2D eigenvalue weighted by atomic mass is 10.3. The summed E-state index contributed by atoms with van der Waals surface area (Å²) >= 11 is 5.76. The van der Waals surface area contributed by atoms with E-state index in [9.17, 15) is 18.0 Å². The Labute approximate surface area is 156 Å². The predicted octanol–water partition coefficient (Wildman–Crippen LogP) is 2.61. The molecule has 3 N–H and O–H groups in total. The maximum absolute atomic E-state index is 12.2. The fraction of sp³-hybridized carbons (Fsp3) is 0.176. The highest BCUT2D eigenvalue weighted by Gasteiger charge is 2.14. The van der Waals surface area contributed by atoms with Crippen molar-refractivity contribution in [3.63, 3.8) is 0 Å². The van der Waals surface area contributed by atoms with Gasteiger partial charge < -0.3 is 10.6 Å². The minimum absolute atomic E-state index is 0.0220. The maximum Gasteiger partial charge on any atom is 0.240 e. The molecule has 2 rings (SSSR count). The minimum Gasteiger partial charge on any atom is -0.326 e. The van der Waals surface area contributed by atoms with Crippen LogP contribution >= 0.6 is 11.6 Å². The summed E-state index contributed by atoms with van der Waals surface area (Å²) in [4.78, 5) is 22.9. The molecule has 2 aromatic rings. The number of benzene rings is 2. The summed E-state index contributed by atoms with van der Waals surface area (Å²) in [6, 6.07) is 12.3. The predicted molar refractivity (Wildman–Crippen MR) is 101 cm³/mol. The van der Waals surface area contributed by atoms with Gasteiger partial charge in [-0.2, -0.15) is 0 Å². The number of nitrogens with one attached hydrogen (secondary N) is 3. The van der Waals surface area contributed by atoms with Gasteiger partial charge in [-0.25, -0.2) is 13.1 Å². The van der Waals surface area contributed by atoms with Gasteiger partial charge in [0.15, 0.2) is 0 Å². The van der Waals surface area contributed by atoms with Crippen LogP contribution in [0.25, 0.3) is 0 Å². The quantitative estimate of drug-likeness (QED) is 0.670. The van der Waals surface area contributed by atoms with E-state index >= 15 is 0 Å². The van der Waals surface area contributed by atoms with Gasteiger partial charge >= 0.3 is 0 Å². The molecule has 0 aliphatic carbocycles. The molecule has 0 radical (unpaired) electrons. The van der Waals surface area contributed by atoms with Crippen LogP contribution in [0.4, 0.5) is 11.4 Å². The zero-order valence-corrected chi connectivity index (χ0v) is 15.5. The van der Waals surface area contributed by atoms with E-state index in [1.165, 1.54) is 31.2 Å². The van der Waals surface area contributed by atoms with Gasteiger partial charge in [0.1, 0.15) is 0 Å². The third-order valence-corrected chi connectivity index (χ3v) is 4.99. The van der Waals surface area contributed by atoms with E-state index in [1.54, 1.807) is 24.3 Å². The van der Waals surface area contributed by atoms with Crippen LogP contribution in [0.2, 0.25) is 5.02 Å². The van der Waals surface area contributed by atoms with Crippen LogP contribution in [0.5, 0.6) is 0 Å². The molecule has 0 aromatic heterocycles. The number of anilines is 2. The van der Waals surface area contributed by atoms with Crippen LogP contribution in [0.3, 0.4) is 0 Å². The number of hydrogen-bond donors (Lipinski definition) is 3. The molecule has 26 heavy (non-hydrogen) atoms. The third-order valence-electron chi connectivity index (χ3n) is 3.26. The normalized spacial score (nSPS) is 11.0. The van der Waals surface area contributed by atoms with Crippen molar-refractivity contribution < 1.29 is 18.0 Å². The molecule has 0 spiro atoms. The van der Waals surface area contributed by atoms with Gasteiger partial charge in [0.25, 0.3) is 0 Å². The molecule has 0 aliphatic heterocycles. The van der Waals surface area contributed by atoms with Crippen molar-refractivity contribution >= 4 is 44.8 Å². The van der Waals surface area contributed by atoms with Crippen LogP contribution in [0, 0.1) is 0 Å². The summed E-state index contributed by atoms with van der Waals surface area (Å²) in [6.07, 6.45) is -0.0220. The van der Waals surface area contributed by atoms with Crippen molar-refractivity contribution in [1.29, 1.82) is 0 Å². The summed E-state index contributed by atoms with van der Waals surface area (Å²) in [5.74, 6) is -0.568. The van der Waals surface area contributed by atoms with E-state index in [2.05, 4.69) is 15.4 Å². The lowest BCUT2D eigenvalue weighted by molar-refractivity contribution is -0.116. The molecule has 0 saturated heterocycles. The monoisotopic (exact) mass is 395 g/mol. The lowest BCUT2D eigenvalue weighted by Crippen LogP contribution is -2.27. The summed E-state index contributed by atoms with van der Waals surface area (Å²) in [7, 11) is -3.74. The first-order valence-corrected chi connectivity index (χ1v) is 9.55. The van der Waals surface area contributed by atoms with E-state index in [0.29, 0.717) is 16.4 Å². The van der Waals surface area contributed by atoms with Gasteiger partial charge in [-0.1, -0.05) is 11.6 Å². The van der Waals surface area contributed by atoms with Gasteiger partial charge in [0.2, 0.25) is 21.8 Å². The highest BCUT2D eigenvalue weighted by molar-refractivity contribution is 7.89. The Bertz CT molecular complexity index is 881. The van der Waals surface area contributed by atoms with Gasteiger partial charge in [-0.05, 0) is 48.5 Å². The SMILES string of the molecule is CC(=O)Nc1ccc(S(=O)(=O)NCCC(=O)Nc2ccc(Cl)cc2)cc1. The zero-order valence-electron chi connectivity index (χ0n) is 14.0. The molecule has 2 amide bonds. The molecule has 0 unspecified atom stereocenters. The highest BCUT2D eigenvalue weighted by atomic mass is 35.5. The Morgan fingerprint density at radius 1 is 0.923 bits per heavy atom. The van der Waals surface area contributed by atoms with Gasteiger partial charge in [0, 0.05) is 36.3 Å². The number of rotatable bonds is 7. The lowest BCUT2D eigenvalue weighted by Gasteiger charge is -2.09. The van der Waals surface area contributed by atoms with Crippen LogP contribution in [0.1, 0.15) is 13.3 Å². The molecule has 0 atom stereocenters. The van der Waals surface area contributed by atoms with Crippen molar-refractivity contribution in [3.8, 4) is 0 Å². The molecule has 0 heterocycles. The number of carbonyl (C=O) groups is 2. The standard InChI is InChI=1S/C17H18ClN3O4S/c1-12(22)20-14-6-8-16(9-7-14)26(24,25)19-11-10-17(23)21-15-4-2-13(18)3-5-15/h2-9,19H,10-11H2,1H3,(H,20,22)(H,21,23). The largest absolute Gasteiger partial charge is 0.326 e. The molecule has 7 nitrogen and oxygen atoms in total. The van der Waals surface area contributed by atoms with E-state index in [4.69, 9.17) is 11.6 Å². The second-order valence-corrected chi connectivity index (χ2v) is 7.61. The summed E-state index contributed by atoms with van der Waals surface area (Å²) < 4.78 is 26.8. The van der Waals surface area contributed by atoms with E-state index in [-0.39, 0.29) is 29.7 Å². The van der Waals surface area contributed by atoms with Crippen LogP contribution in [0.15, 0.2) is 53.4 Å². The number of halogens is 1. The third kappa shape index (κ3) is 6.14. The van der Waals surface area contributed by atoms with Crippen molar-refractivity contribution in [2.24, 2.45) is 0 Å². The first-order chi connectivity index (χ1) is 12.3. The number of sulfonamides is 1. The second-order valence-electron chi connectivity index (χ2n) is 5.41. The summed E-state index contributed by atoms with van der Waals surface area (Å²) in [5.41, 5.74) is 1.08. The Morgan fingerprint density at radius 3 is 2.04 bits per heavy atom. The Kier molecular flexibility index (Phi) is 6.73. The molecule has 2 aromatic carbocycles. The molecule has 138 valence electrons. The molecule has 0 fully saturated rings. The van der Waals surface area contributed by atoms with Crippen molar-refractivity contribution in [1.82, 2.24) is 4.72 Å². The van der Waals surface area contributed by atoms with Gasteiger partial charge in [-0.15, -0.1) is 0 Å². The fourth-order valence-corrected chi connectivity index (χ4v) is 3.22. The minimum atomic E-state index is -3.74. The maximum atomic E-state index is 12.2. The van der Waals surface area contributed by atoms with Crippen molar-refractivity contribution in [2.45, 2.75) is 18.2 Å². The topological polar surface area (TPSA) is 104 Å². The Morgan fingerprint density at radius 2 is 1.46 bits per heavy atom. The zero-order chi connectivity index (χ0) is 19.2. The molecular weight excluding hydrogens is 378 g/mol. The molecule has 0 aliphatic rings. The number of hydrogen-bond acceptors (Lipinski definition) is 4. The average Bonchev–Trinajstić information content (AvgIpc) is 2.57. The van der Waals surface area contributed by atoms with Gasteiger partial charge in [0.05, 0.1) is 4.90 Å². The smallest absolute Gasteiger partial charge is 0.240 e. The van der Waals surface area contributed by atoms with E-state index < -0.39 is 10.0 Å². The first-order valence-electron chi connectivity index (χ1n) is 7.69. The Balaban J connectivity index is 1.86. The summed E-state index contributed by atoms with van der Waals surface area (Å²) in [6.45, 7) is 1.32. The van der Waals surface area contributed by atoms with Crippen molar-refractivity contribution in [3.05, 3.63) is 53.6 Å². The Hall–Kier alpha value is -2.42. The molecular formula is C17H18ClN3O4S. The van der Waals surface area contributed by atoms with Crippen LogP contribution < -0.4 is 15.4 Å². The second kappa shape index (κ2) is 8.79. The highest BCUT2D eigenvalue weighted by Crippen LogP contribution is 2.15. The molecule has 0 saturated carbocycles. The summed E-state index contributed by atoms with van der Waals surface area (Å²) in [5, 5.41) is 5.76. The molecule has 9 heteroatoms. The van der Waals surface area contributed by atoms with Crippen LogP contribution in [-0.4, -0.2) is 26.8 Å². The van der Waals surface area contributed by atoms with E-state index in [1.807, 2.05) is 0 Å². The van der Waals surface area contributed by atoms with Crippen molar-refractivity contribution in [2.75, 3.05) is 17.2 Å². The first kappa shape index (κ1) is 19.9. The number of amides is 2. The van der Waals surface area contributed by atoms with E-state index in [0.717, 1.165) is 0 Å². The average molecular weight is 396 g/mol. The van der Waals surface area contributed by atoms with Gasteiger partial charge in [-0.3, -0.25) is 9.59 Å².